The van der Waals surface area contributed by atoms with Gasteiger partial charge in [-0.05, 0) is 36.5 Å². The van der Waals surface area contributed by atoms with Gasteiger partial charge in [-0.25, -0.2) is 4.68 Å². The minimum absolute atomic E-state index is 0.188. The number of rotatable bonds is 6. The van der Waals surface area contributed by atoms with Gasteiger partial charge in [0, 0.05) is 17.9 Å². The first kappa shape index (κ1) is 20.1. The normalized spacial score (nSPS) is 12.3. The highest BCUT2D eigenvalue weighted by molar-refractivity contribution is 7.71. The van der Waals surface area contributed by atoms with Gasteiger partial charge in [0.1, 0.15) is 5.82 Å². The van der Waals surface area contributed by atoms with Crippen molar-refractivity contribution in [1.29, 1.82) is 0 Å². The Kier molecular flexibility index (Phi) is 5.02. The number of benzene rings is 2. The molecule has 0 bridgehead atoms. The molecule has 5 rings (SSSR count). The average molecular weight is 453 g/mol. The first-order valence-electron chi connectivity index (χ1n) is 9.78. The lowest BCUT2D eigenvalue weighted by Crippen LogP contribution is -2.24. The van der Waals surface area contributed by atoms with Crippen LogP contribution in [0.4, 0.5) is 0 Å². The minimum Gasteiger partial charge on any atom is -0.493 e. The van der Waals surface area contributed by atoms with Crippen LogP contribution in [-0.4, -0.2) is 45.6 Å². The van der Waals surface area contributed by atoms with Gasteiger partial charge in [0.05, 0.1) is 38.0 Å². The lowest BCUT2D eigenvalue weighted by atomic mass is 10.1. The van der Waals surface area contributed by atoms with Crippen LogP contribution in [0.2, 0.25) is 0 Å². The Morgan fingerprint density at radius 1 is 1.16 bits per heavy atom. The SMILES string of the molecule is COc1ccc2cnn(CCc3n[nH]c(=S)n3-c3ccc4c(c3)OCO4)c(=O)c2c1OC. The van der Waals surface area contributed by atoms with Crippen molar-refractivity contribution in [3.63, 3.8) is 0 Å². The average Bonchev–Trinajstić information content (AvgIpc) is 3.43. The second kappa shape index (κ2) is 8.00. The van der Waals surface area contributed by atoms with E-state index in [0.717, 1.165) is 5.69 Å². The molecule has 1 aliphatic heterocycles. The Labute approximate surface area is 186 Å². The number of hydrogen-bond donors (Lipinski definition) is 1. The Hall–Kier alpha value is -3.86. The number of hydrogen-bond acceptors (Lipinski definition) is 8. The number of aromatic nitrogens is 5. The fraction of sp³-hybridized carbons (Fsp3) is 0.238. The van der Waals surface area contributed by atoms with Crippen molar-refractivity contribution in [1.82, 2.24) is 24.5 Å². The number of nitrogens with one attached hydrogen (secondary N) is 1. The van der Waals surface area contributed by atoms with Crippen molar-refractivity contribution in [3.05, 3.63) is 57.5 Å². The molecule has 0 fully saturated rings. The molecule has 32 heavy (non-hydrogen) atoms. The van der Waals surface area contributed by atoms with Gasteiger partial charge in [0.15, 0.2) is 27.8 Å². The molecule has 2 aromatic carbocycles. The molecular formula is C21H19N5O5S. The highest BCUT2D eigenvalue weighted by atomic mass is 32.1. The van der Waals surface area contributed by atoms with Gasteiger partial charge in [-0.15, -0.1) is 0 Å². The smallest absolute Gasteiger partial charge is 0.278 e. The zero-order chi connectivity index (χ0) is 22.2. The first-order chi connectivity index (χ1) is 15.6. The van der Waals surface area contributed by atoms with Crippen LogP contribution in [0, 0.1) is 4.77 Å². The summed E-state index contributed by atoms with van der Waals surface area (Å²) in [5.74, 6) is 2.85. The number of fused-ring (bicyclic) bond motifs is 2. The molecular weight excluding hydrogens is 434 g/mol. The van der Waals surface area contributed by atoms with E-state index in [1.807, 2.05) is 18.2 Å². The van der Waals surface area contributed by atoms with E-state index in [0.29, 0.717) is 57.3 Å². The quantitative estimate of drug-likeness (QED) is 0.444. The van der Waals surface area contributed by atoms with Gasteiger partial charge in [-0.2, -0.15) is 10.2 Å². The highest BCUT2D eigenvalue weighted by Crippen LogP contribution is 2.34. The van der Waals surface area contributed by atoms with Gasteiger partial charge in [0.25, 0.3) is 5.56 Å². The molecule has 0 unspecified atom stereocenters. The van der Waals surface area contributed by atoms with Crippen LogP contribution < -0.4 is 24.5 Å². The van der Waals surface area contributed by atoms with Gasteiger partial charge < -0.3 is 18.9 Å². The van der Waals surface area contributed by atoms with Gasteiger partial charge in [-0.3, -0.25) is 14.5 Å². The highest BCUT2D eigenvalue weighted by Gasteiger charge is 2.18. The summed E-state index contributed by atoms with van der Waals surface area (Å²) >= 11 is 5.42. The van der Waals surface area contributed by atoms with E-state index >= 15 is 0 Å². The molecule has 164 valence electrons. The Balaban J connectivity index is 1.49. The van der Waals surface area contributed by atoms with Crippen LogP contribution in [-0.2, 0) is 13.0 Å². The summed E-state index contributed by atoms with van der Waals surface area (Å²) in [6.07, 6.45) is 2.04. The maximum atomic E-state index is 13.2. The number of aromatic amines is 1. The maximum absolute atomic E-state index is 13.2. The lowest BCUT2D eigenvalue weighted by molar-refractivity contribution is 0.174. The van der Waals surface area contributed by atoms with Crippen molar-refractivity contribution < 1.29 is 18.9 Å². The van der Waals surface area contributed by atoms with E-state index < -0.39 is 0 Å². The predicted molar refractivity (Wildman–Crippen MR) is 118 cm³/mol. The molecule has 2 aromatic heterocycles. The van der Waals surface area contributed by atoms with Crippen LogP contribution in [0.3, 0.4) is 0 Å². The van der Waals surface area contributed by atoms with E-state index in [4.69, 9.17) is 31.2 Å². The largest absolute Gasteiger partial charge is 0.493 e. The first-order valence-corrected chi connectivity index (χ1v) is 10.2. The summed E-state index contributed by atoms with van der Waals surface area (Å²) < 4.78 is 25.2. The third-order valence-corrected chi connectivity index (χ3v) is 5.54. The second-order valence-electron chi connectivity index (χ2n) is 7.01. The van der Waals surface area contributed by atoms with Crippen LogP contribution in [0.5, 0.6) is 23.0 Å². The molecule has 1 aliphatic rings. The molecule has 0 amide bonds. The van der Waals surface area contributed by atoms with Crippen molar-refractivity contribution >= 4 is 23.0 Å². The minimum atomic E-state index is -0.276. The summed E-state index contributed by atoms with van der Waals surface area (Å²) in [4.78, 5) is 13.2. The van der Waals surface area contributed by atoms with Gasteiger partial charge in [0.2, 0.25) is 6.79 Å². The van der Waals surface area contributed by atoms with Gasteiger partial charge >= 0.3 is 0 Å². The number of ether oxygens (including phenoxy) is 4. The zero-order valence-electron chi connectivity index (χ0n) is 17.3. The third kappa shape index (κ3) is 3.26. The summed E-state index contributed by atoms with van der Waals surface area (Å²) in [6, 6.07) is 9.07. The Bertz CT molecular complexity index is 1440. The third-order valence-electron chi connectivity index (χ3n) is 5.27. The van der Waals surface area contributed by atoms with E-state index in [1.165, 1.54) is 18.9 Å². The molecule has 3 heterocycles. The predicted octanol–water partition coefficient (Wildman–Crippen LogP) is 2.63. The van der Waals surface area contributed by atoms with E-state index in [-0.39, 0.29) is 12.4 Å². The van der Waals surface area contributed by atoms with Crippen molar-refractivity contribution in [2.75, 3.05) is 21.0 Å². The Morgan fingerprint density at radius 3 is 2.81 bits per heavy atom. The van der Waals surface area contributed by atoms with E-state index in [2.05, 4.69) is 15.3 Å². The monoisotopic (exact) mass is 453 g/mol. The van der Waals surface area contributed by atoms with Crippen LogP contribution in [0.25, 0.3) is 16.5 Å². The molecule has 1 N–H and O–H groups in total. The lowest BCUT2D eigenvalue weighted by Gasteiger charge is -2.12. The molecule has 0 saturated heterocycles. The Morgan fingerprint density at radius 2 is 2.00 bits per heavy atom. The van der Waals surface area contributed by atoms with Crippen molar-refractivity contribution in [2.24, 2.45) is 0 Å². The summed E-state index contributed by atoms with van der Waals surface area (Å²) in [5, 5.41) is 12.5. The summed E-state index contributed by atoms with van der Waals surface area (Å²) in [7, 11) is 3.03. The number of nitrogens with zero attached hydrogens (tertiary/aromatic N) is 4. The standard InChI is InChI=1S/C21H19N5O5S/c1-28-15-5-3-12-10-22-25(20(27)18(12)19(15)29-2)8-7-17-23-24-21(32)26(17)13-4-6-14-16(9-13)31-11-30-14/h3-6,9-10H,7-8,11H2,1-2H3,(H,24,32). The molecule has 0 saturated carbocycles. The maximum Gasteiger partial charge on any atom is 0.278 e. The second-order valence-corrected chi connectivity index (χ2v) is 7.39. The number of H-pyrrole nitrogens is 1. The topological polar surface area (TPSA) is 105 Å². The molecule has 0 atom stereocenters. The number of aryl methyl sites for hydroxylation is 2. The van der Waals surface area contributed by atoms with E-state index in [1.54, 1.807) is 22.9 Å². The zero-order valence-corrected chi connectivity index (χ0v) is 18.1. The van der Waals surface area contributed by atoms with Crippen LogP contribution >= 0.6 is 12.2 Å². The fourth-order valence-corrected chi connectivity index (χ4v) is 3.99. The molecule has 0 spiro atoms. The summed E-state index contributed by atoms with van der Waals surface area (Å²) in [5.41, 5.74) is 0.509. The van der Waals surface area contributed by atoms with Crippen LogP contribution in [0.1, 0.15) is 5.82 Å². The number of methoxy groups -OCH3 is 2. The van der Waals surface area contributed by atoms with E-state index in [9.17, 15) is 4.79 Å². The van der Waals surface area contributed by atoms with Crippen molar-refractivity contribution in [3.8, 4) is 28.7 Å². The van der Waals surface area contributed by atoms with Gasteiger partial charge in [-0.1, -0.05) is 0 Å². The summed E-state index contributed by atoms with van der Waals surface area (Å²) in [6.45, 7) is 0.479. The molecule has 11 heteroatoms. The van der Waals surface area contributed by atoms with Crippen molar-refractivity contribution in [2.45, 2.75) is 13.0 Å². The fourth-order valence-electron chi connectivity index (χ4n) is 3.74. The molecule has 0 radical (unpaired) electrons. The van der Waals surface area contributed by atoms with Crippen LogP contribution in [0.15, 0.2) is 41.3 Å². The molecule has 10 nitrogen and oxygen atoms in total. The molecule has 4 aromatic rings. The molecule has 0 aliphatic carbocycles.